The average molecular weight is 454 g/mol. The molecular weight excluding hydrogens is 429 g/mol. The minimum Gasteiger partial charge on any atom is -0.369 e. The lowest BCUT2D eigenvalue weighted by Crippen LogP contribution is -2.41. The maximum absolute atomic E-state index is 13.1. The number of amides is 2. The second-order valence-electron chi connectivity index (χ2n) is 7.87. The normalized spacial score (nSPS) is 16.1. The molecule has 3 heterocycles. The molecule has 7 nitrogen and oxygen atoms in total. The van der Waals surface area contributed by atoms with E-state index in [0.717, 1.165) is 35.8 Å². The summed E-state index contributed by atoms with van der Waals surface area (Å²) in [5.74, 6) is -0.214. The molecule has 9 heteroatoms. The quantitative estimate of drug-likeness (QED) is 0.595. The summed E-state index contributed by atoms with van der Waals surface area (Å²) in [6, 6.07) is 9.89. The van der Waals surface area contributed by atoms with E-state index in [2.05, 4.69) is 15.3 Å². The maximum Gasteiger partial charge on any atom is 0.267 e. The SMILES string of the molecule is Cc1nc(Cc2ccc(F)cc2)sc1C(=O)Nc1ccc(N2CCCC(C(N)=O)C2)nc1. The Labute approximate surface area is 189 Å². The molecule has 2 aromatic heterocycles. The van der Waals surface area contributed by atoms with Gasteiger partial charge in [0.05, 0.1) is 28.5 Å². The predicted molar refractivity (Wildman–Crippen MR) is 122 cm³/mol. The third kappa shape index (κ3) is 5.11. The fourth-order valence-electron chi connectivity index (χ4n) is 3.77. The van der Waals surface area contributed by atoms with E-state index >= 15 is 0 Å². The smallest absolute Gasteiger partial charge is 0.267 e. The number of pyridine rings is 1. The highest BCUT2D eigenvalue weighted by atomic mass is 32.1. The highest BCUT2D eigenvalue weighted by Crippen LogP contribution is 2.24. The van der Waals surface area contributed by atoms with Gasteiger partial charge in [-0.05, 0) is 49.6 Å². The van der Waals surface area contributed by atoms with Gasteiger partial charge in [0.15, 0.2) is 0 Å². The van der Waals surface area contributed by atoms with Crippen molar-refractivity contribution in [2.75, 3.05) is 23.3 Å². The van der Waals surface area contributed by atoms with E-state index in [4.69, 9.17) is 5.73 Å². The maximum atomic E-state index is 13.1. The summed E-state index contributed by atoms with van der Waals surface area (Å²) in [7, 11) is 0. The van der Waals surface area contributed by atoms with Gasteiger partial charge in [-0.3, -0.25) is 9.59 Å². The van der Waals surface area contributed by atoms with Crippen molar-refractivity contribution in [3.05, 3.63) is 69.6 Å². The molecule has 1 unspecified atom stereocenters. The molecule has 32 heavy (non-hydrogen) atoms. The van der Waals surface area contributed by atoms with Gasteiger partial charge in [-0.2, -0.15) is 0 Å². The van der Waals surface area contributed by atoms with Gasteiger partial charge in [0, 0.05) is 19.5 Å². The van der Waals surface area contributed by atoms with E-state index in [1.807, 2.05) is 11.0 Å². The summed E-state index contributed by atoms with van der Waals surface area (Å²) in [4.78, 5) is 35.8. The lowest BCUT2D eigenvalue weighted by atomic mass is 9.97. The standard InChI is InChI=1S/C23H24FN5O2S/c1-14-21(32-20(27-14)11-15-4-6-17(24)7-5-15)23(31)28-18-8-9-19(26-12-18)29-10-2-3-16(13-29)22(25)30/h4-9,12,16H,2-3,10-11,13H2,1H3,(H2,25,30)(H,28,31). The molecule has 1 saturated heterocycles. The van der Waals surface area contributed by atoms with Crippen LogP contribution in [0, 0.1) is 18.7 Å². The first-order valence-corrected chi connectivity index (χ1v) is 11.2. The molecule has 3 N–H and O–H groups in total. The molecular formula is C23H24FN5O2S. The molecule has 1 aliphatic heterocycles. The summed E-state index contributed by atoms with van der Waals surface area (Å²) in [5.41, 5.74) is 7.62. The zero-order chi connectivity index (χ0) is 22.7. The van der Waals surface area contributed by atoms with Crippen molar-refractivity contribution >= 4 is 34.7 Å². The number of hydrogen-bond acceptors (Lipinski definition) is 6. The van der Waals surface area contributed by atoms with Crippen molar-refractivity contribution in [2.45, 2.75) is 26.2 Å². The monoisotopic (exact) mass is 453 g/mol. The number of rotatable bonds is 6. The van der Waals surface area contributed by atoms with Crippen LogP contribution in [0.5, 0.6) is 0 Å². The number of piperidine rings is 1. The first-order chi connectivity index (χ1) is 15.4. The second-order valence-corrected chi connectivity index (χ2v) is 8.96. The molecule has 166 valence electrons. The fraction of sp³-hybridized carbons (Fsp3) is 0.304. The van der Waals surface area contributed by atoms with Gasteiger partial charge in [0.1, 0.15) is 16.5 Å². The summed E-state index contributed by atoms with van der Waals surface area (Å²) in [6.07, 6.45) is 3.84. The third-order valence-corrected chi connectivity index (χ3v) is 6.63. The molecule has 0 radical (unpaired) electrons. The first kappa shape index (κ1) is 21.9. The molecule has 0 bridgehead atoms. The summed E-state index contributed by atoms with van der Waals surface area (Å²) in [5, 5.41) is 3.66. The second kappa shape index (κ2) is 9.44. The van der Waals surface area contributed by atoms with Crippen molar-refractivity contribution in [1.82, 2.24) is 9.97 Å². The van der Waals surface area contributed by atoms with Crippen molar-refractivity contribution in [3.63, 3.8) is 0 Å². The van der Waals surface area contributed by atoms with E-state index in [1.165, 1.54) is 23.5 Å². The Morgan fingerprint density at radius 2 is 2.03 bits per heavy atom. The average Bonchev–Trinajstić information content (AvgIpc) is 3.16. The molecule has 1 aromatic carbocycles. The number of carbonyl (C=O) groups excluding carboxylic acids is 2. The van der Waals surface area contributed by atoms with E-state index in [-0.39, 0.29) is 23.5 Å². The Kier molecular flexibility index (Phi) is 6.45. The number of aromatic nitrogens is 2. The van der Waals surface area contributed by atoms with Crippen LogP contribution in [0.1, 0.15) is 38.8 Å². The number of nitrogens with zero attached hydrogens (tertiary/aromatic N) is 3. The van der Waals surface area contributed by atoms with Crippen LogP contribution in [0.2, 0.25) is 0 Å². The van der Waals surface area contributed by atoms with Crippen molar-refractivity contribution in [2.24, 2.45) is 11.7 Å². The number of aryl methyl sites for hydroxylation is 1. The van der Waals surface area contributed by atoms with Crippen LogP contribution in [-0.4, -0.2) is 34.9 Å². The van der Waals surface area contributed by atoms with E-state index < -0.39 is 0 Å². The summed E-state index contributed by atoms with van der Waals surface area (Å²) in [6.45, 7) is 3.18. The van der Waals surface area contributed by atoms with Crippen molar-refractivity contribution in [1.29, 1.82) is 0 Å². The van der Waals surface area contributed by atoms with E-state index in [1.54, 1.807) is 31.3 Å². The Balaban J connectivity index is 1.40. The number of benzene rings is 1. The minimum atomic E-state index is -0.281. The van der Waals surface area contributed by atoms with Gasteiger partial charge >= 0.3 is 0 Å². The molecule has 0 aliphatic carbocycles. The fourth-order valence-corrected chi connectivity index (χ4v) is 4.76. The third-order valence-electron chi connectivity index (χ3n) is 5.47. The molecule has 0 saturated carbocycles. The van der Waals surface area contributed by atoms with Crippen LogP contribution in [0.15, 0.2) is 42.6 Å². The molecule has 4 rings (SSSR count). The van der Waals surface area contributed by atoms with Crippen LogP contribution in [-0.2, 0) is 11.2 Å². The zero-order valence-electron chi connectivity index (χ0n) is 17.7. The number of nitrogens with one attached hydrogen (secondary N) is 1. The molecule has 2 amide bonds. The number of hydrogen-bond donors (Lipinski definition) is 2. The van der Waals surface area contributed by atoms with Crippen molar-refractivity contribution in [3.8, 4) is 0 Å². The molecule has 1 fully saturated rings. The Morgan fingerprint density at radius 3 is 2.72 bits per heavy atom. The molecule has 0 spiro atoms. The van der Waals surface area contributed by atoms with Gasteiger partial charge in [-0.1, -0.05) is 12.1 Å². The largest absolute Gasteiger partial charge is 0.369 e. The van der Waals surface area contributed by atoms with Crippen LogP contribution in [0.3, 0.4) is 0 Å². The topological polar surface area (TPSA) is 101 Å². The molecule has 1 aliphatic rings. The van der Waals surface area contributed by atoms with Crippen LogP contribution in [0.25, 0.3) is 0 Å². The number of nitrogens with two attached hydrogens (primary N) is 1. The van der Waals surface area contributed by atoms with Gasteiger partial charge in [0.2, 0.25) is 5.91 Å². The number of halogens is 1. The predicted octanol–water partition coefficient (Wildman–Crippen LogP) is 3.53. The Morgan fingerprint density at radius 1 is 1.25 bits per heavy atom. The van der Waals surface area contributed by atoms with Gasteiger partial charge in [0.25, 0.3) is 5.91 Å². The number of primary amides is 1. The number of anilines is 2. The van der Waals surface area contributed by atoms with Gasteiger partial charge < -0.3 is 16.0 Å². The number of thiazole rings is 1. The lowest BCUT2D eigenvalue weighted by molar-refractivity contribution is -0.122. The van der Waals surface area contributed by atoms with E-state index in [0.29, 0.717) is 29.2 Å². The van der Waals surface area contributed by atoms with E-state index in [9.17, 15) is 14.0 Å². The lowest BCUT2D eigenvalue weighted by Gasteiger charge is -2.32. The zero-order valence-corrected chi connectivity index (χ0v) is 18.5. The van der Waals surface area contributed by atoms with Crippen LogP contribution < -0.4 is 16.0 Å². The Bertz CT molecular complexity index is 1110. The highest BCUT2D eigenvalue weighted by Gasteiger charge is 2.24. The van der Waals surface area contributed by atoms with Crippen LogP contribution >= 0.6 is 11.3 Å². The summed E-state index contributed by atoms with van der Waals surface area (Å²) < 4.78 is 13.1. The minimum absolute atomic E-state index is 0.164. The first-order valence-electron chi connectivity index (χ1n) is 10.4. The highest BCUT2D eigenvalue weighted by molar-refractivity contribution is 7.14. The summed E-state index contributed by atoms with van der Waals surface area (Å²) >= 11 is 1.33. The molecule has 1 atom stereocenters. The van der Waals surface area contributed by atoms with Gasteiger partial charge in [-0.15, -0.1) is 11.3 Å². The van der Waals surface area contributed by atoms with Crippen LogP contribution in [0.4, 0.5) is 15.9 Å². The van der Waals surface area contributed by atoms with Gasteiger partial charge in [-0.25, -0.2) is 14.4 Å². The number of carbonyl (C=O) groups is 2. The Hall–Kier alpha value is -3.33. The van der Waals surface area contributed by atoms with Crippen molar-refractivity contribution < 1.29 is 14.0 Å². The molecule has 3 aromatic rings.